The first-order valence-corrected chi connectivity index (χ1v) is 14.5. The van der Waals surface area contributed by atoms with Gasteiger partial charge in [-0.05, 0) is 87.0 Å². The number of amides is 2. The van der Waals surface area contributed by atoms with Crippen LogP contribution in [0.3, 0.4) is 0 Å². The maximum absolute atomic E-state index is 13.8. The van der Waals surface area contributed by atoms with Crippen molar-refractivity contribution in [1.29, 1.82) is 0 Å². The summed E-state index contributed by atoms with van der Waals surface area (Å²) in [6.07, 6.45) is 1.98. The Labute approximate surface area is 243 Å². The lowest BCUT2D eigenvalue weighted by atomic mass is 9.82. The molecular formula is C31H33ClN2O5S. The zero-order valence-electron chi connectivity index (χ0n) is 23.2. The molecule has 4 rings (SSSR count). The zero-order valence-corrected chi connectivity index (χ0v) is 24.7. The van der Waals surface area contributed by atoms with Gasteiger partial charge < -0.3 is 20.1 Å². The number of urea groups is 1. The van der Waals surface area contributed by atoms with Crippen molar-refractivity contribution < 1.29 is 24.2 Å². The molecule has 0 aromatic heterocycles. The number of ether oxygens (including phenoxy) is 1. The van der Waals surface area contributed by atoms with E-state index in [-0.39, 0.29) is 24.3 Å². The molecule has 0 saturated carbocycles. The molecule has 0 radical (unpaired) electrons. The molecule has 0 aliphatic carbocycles. The smallest absolute Gasteiger partial charge is 0.347 e. The van der Waals surface area contributed by atoms with Crippen LogP contribution in [-0.4, -0.2) is 52.7 Å². The SMILES string of the molecule is CSc1ccc(C(=O)[C@@H]2CN(C(=O)Nc3ccc(Cl)cc3)C[C@H]2c2cc(C)c(OC(C)(C)C(=O)O)c(C)c2)cc1. The van der Waals surface area contributed by atoms with E-state index in [4.69, 9.17) is 16.3 Å². The number of aryl methyl sites for hydroxylation is 2. The Balaban J connectivity index is 1.66. The van der Waals surface area contributed by atoms with Crippen LogP contribution in [0.4, 0.5) is 10.5 Å². The maximum atomic E-state index is 13.8. The van der Waals surface area contributed by atoms with Gasteiger partial charge in [-0.2, -0.15) is 0 Å². The van der Waals surface area contributed by atoms with Crippen LogP contribution in [0.5, 0.6) is 5.75 Å². The number of nitrogens with zero attached hydrogens (tertiary/aromatic N) is 1. The number of nitrogens with one attached hydrogen (secondary N) is 1. The Morgan fingerprint density at radius 3 is 2.15 bits per heavy atom. The van der Waals surface area contributed by atoms with Crippen molar-refractivity contribution in [3.05, 3.63) is 87.9 Å². The summed E-state index contributed by atoms with van der Waals surface area (Å²) in [7, 11) is 0. The number of carbonyl (C=O) groups is 3. The number of likely N-dealkylation sites (tertiary alicyclic amines) is 1. The summed E-state index contributed by atoms with van der Waals surface area (Å²) in [4.78, 5) is 41.5. The van der Waals surface area contributed by atoms with Gasteiger partial charge in [-0.1, -0.05) is 35.9 Å². The van der Waals surface area contributed by atoms with Crippen LogP contribution in [-0.2, 0) is 4.79 Å². The summed E-state index contributed by atoms with van der Waals surface area (Å²) in [6, 6.07) is 18.0. The van der Waals surface area contributed by atoms with Crippen molar-refractivity contribution in [2.45, 2.75) is 44.1 Å². The van der Waals surface area contributed by atoms with E-state index in [0.29, 0.717) is 28.6 Å². The third-order valence-corrected chi connectivity index (χ3v) is 8.19. The molecule has 0 unspecified atom stereocenters. The first kappa shape index (κ1) is 29.5. The second kappa shape index (κ2) is 11.9. The van der Waals surface area contributed by atoms with Crippen LogP contribution in [0.2, 0.25) is 5.02 Å². The molecule has 0 spiro atoms. The molecule has 2 N–H and O–H groups in total. The molecule has 3 aromatic rings. The number of hydrogen-bond donors (Lipinski definition) is 2. The molecule has 1 aliphatic heterocycles. The number of rotatable bonds is 8. The summed E-state index contributed by atoms with van der Waals surface area (Å²) in [5.74, 6) is -1.31. The highest BCUT2D eigenvalue weighted by atomic mass is 35.5. The number of carboxylic acid groups (broad SMARTS) is 1. The molecular weight excluding hydrogens is 548 g/mol. The van der Waals surface area contributed by atoms with E-state index in [1.165, 1.54) is 13.8 Å². The van der Waals surface area contributed by atoms with Gasteiger partial charge >= 0.3 is 12.0 Å². The van der Waals surface area contributed by atoms with E-state index in [0.717, 1.165) is 21.6 Å². The number of carboxylic acids is 1. The van der Waals surface area contributed by atoms with Crippen LogP contribution in [0.25, 0.3) is 0 Å². The van der Waals surface area contributed by atoms with Gasteiger partial charge in [-0.15, -0.1) is 11.8 Å². The summed E-state index contributed by atoms with van der Waals surface area (Å²) in [5.41, 5.74) is 2.25. The highest BCUT2D eigenvalue weighted by Crippen LogP contribution is 2.39. The highest BCUT2D eigenvalue weighted by Gasteiger charge is 2.41. The minimum Gasteiger partial charge on any atom is -0.478 e. The largest absolute Gasteiger partial charge is 0.478 e. The standard InChI is InChI=1S/C31H33ClN2O5S/c1-18-14-21(15-19(2)28(18)39-31(3,4)29(36)37)25-16-34(30(38)33-23-10-8-22(32)9-11-23)17-26(25)27(35)20-6-12-24(40-5)13-7-20/h6-15,25-26H,16-17H2,1-5H3,(H,33,38)(H,36,37)/t25-,26+/m0/s1. The average Bonchev–Trinajstić information content (AvgIpc) is 3.37. The first-order valence-electron chi connectivity index (χ1n) is 12.9. The highest BCUT2D eigenvalue weighted by molar-refractivity contribution is 7.98. The number of hydrogen-bond acceptors (Lipinski definition) is 5. The number of carbonyl (C=O) groups excluding carboxylic acids is 2. The second-order valence-electron chi connectivity index (χ2n) is 10.5. The molecule has 0 bridgehead atoms. The molecule has 3 aromatic carbocycles. The van der Waals surface area contributed by atoms with E-state index >= 15 is 0 Å². The number of Topliss-reactive ketones (excluding diaryl/α,β-unsaturated/α-hetero) is 1. The Kier molecular flexibility index (Phi) is 8.80. The topological polar surface area (TPSA) is 95.9 Å². The van der Waals surface area contributed by atoms with Gasteiger partial charge in [0, 0.05) is 46.1 Å². The molecule has 40 heavy (non-hydrogen) atoms. The summed E-state index contributed by atoms with van der Waals surface area (Å²) >= 11 is 7.59. The Bertz CT molecular complexity index is 1400. The Morgan fingerprint density at radius 2 is 1.60 bits per heavy atom. The lowest BCUT2D eigenvalue weighted by molar-refractivity contribution is -0.152. The van der Waals surface area contributed by atoms with Crippen LogP contribution < -0.4 is 10.1 Å². The molecule has 210 valence electrons. The van der Waals surface area contributed by atoms with Crippen molar-refractivity contribution in [3.8, 4) is 5.75 Å². The maximum Gasteiger partial charge on any atom is 0.347 e. The first-order chi connectivity index (χ1) is 18.9. The van der Waals surface area contributed by atoms with Gasteiger partial charge in [0.1, 0.15) is 5.75 Å². The normalized spacial score (nSPS) is 17.0. The average molecular weight is 581 g/mol. The van der Waals surface area contributed by atoms with Crippen LogP contribution in [0, 0.1) is 19.8 Å². The van der Waals surface area contributed by atoms with Gasteiger partial charge in [-0.3, -0.25) is 4.79 Å². The van der Waals surface area contributed by atoms with Crippen molar-refractivity contribution >= 4 is 46.8 Å². The monoisotopic (exact) mass is 580 g/mol. The number of ketones is 1. The molecule has 2 amide bonds. The van der Waals surface area contributed by atoms with Crippen molar-refractivity contribution in [3.63, 3.8) is 0 Å². The lowest BCUT2D eigenvalue weighted by Gasteiger charge is -2.26. The fourth-order valence-electron chi connectivity index (χ4n) is 4.94. The fourth-order valence-corrected chi connectivity index (χ4v) is 5.47. The van der Waals surface area contributed by atoms with Crippen LogP contribution >= 0.6 is 23.4 Å². The van der Waals surface area contributed by atoms with E-state index in [1.807, 2.05) is 56.5 Å². The molecule has 1 aliphatic rings. The molecule has 2 atom stereocenters. The van der Waals surface area contributed by atoms with Crippen LogP contribution in [0.15, 0.2) is 65.6 Å². The summed E-state index contributed by atoms with van der Waals surface area (Å²) in [5, 5.41) is 13.0. The Morgan fingerprint density at radius 1 is 1.00 bits per heavy atom. The van der Waals surface area contributed by atoms with E-state index < -0.39 is 17.5 Å². The number of benzene rings is 3. The van der Waals surface area contributed by atoms with Gasteiger partial charge in [-0.25, -0.2) is 9.59 Å². The van der Waals surface area contributed by atoms with E-state index in [9.17, 15) is 19.5 Å². The zero-order chi connectivity index (χ0) is 29.2. The second-order valence-corrected chi connectivity index (χ2v) is 11.9. The minimum absolute atomic E-state index is 0.0258. The number of aliphatic carboxylic acids is 1. The molecule has 7 nitrogen and oxygen atoms in total. The van der Waals surface area contributed by atoms with Crippen molar-refractivity contribution in [2.24, 2.45) is 5.92 Å². The predicted octanol–water partition coefficient (Wildman–Crippen LogP) is 7.05. The molecule has 1 fully saturated rings. The lowest BCUT2D eigenvalue weighted by Crippen LogP contribution is -2.38. The fraction of sp³-hybridized carbons (Fsp3) is 0.323. The van der Waals surface area contributed by atoms with Gasteiger partial charge in [0.25, 0.3) is 0 Å². The van der Waals surface area contributed by atoms with Crippen molar-refractivity contribution in [1.82, 2.24) is 4.90 Å². The van der Waals surface area contributed by atoms with E-state index in [2.05, 4.69) is 5.32 Å². The number of halogens is 1. The molecule has 9 heteroatoms. The minimum atomic E-state index is -1.40. The summed E-state index contributed by atoms with van der Waals surface area (Å²) in [6.45, 7) is 7.35. The summed E-state index contributed by atoms with van der Waals surface area (Å²) < 4.78 is 5.89. The van der Waals surface area contributed by atoms with Gasteiger partial charge in [0.15, 0.2) is 11.4 Å². The molecule has 1 saturated heterocycles. The van der Waals surface area contributed by atoms with Crippen LogP contribution in [0.1, 0.15) is 46.8 Å². The van der Waals surface area contributed by atoms with Gasteiger partial charge in [0.05, 0.1) is 0 Å². The molecule has 1 heterocycles. The third-order valence-electron chi connectivity index (χ3n) is 7.20. The quantitative estimate of drug-likeness (QED) is 0.219. The van der Waals surface area contributed by atoms with Gasteiger partial charge in [0.2, 0.25) is 0 Å². The Hall–Kier alpha value is -3.49. The van der Waals surface area contributed by atoms with Crippen molar-refractivity contribution in [2.75, 3.05) is 24.7 Å². The third kappa shape index (κ3) is 6.45. The number of thioether (sulfide) groups is 1. The predicted molar refractivity (Wildman–Crippen MR) is 159 cm³/mol. The number of anilines is 1. The van der Waals surface area contributed by atoms with E-state index in [1.54, 1.807) is 40.9 Å².